The predicted molar refractivity (Wildman–Crippen MR) is 113 cm³/mol. The number of aryl methyl sites for hydroxylation is 1. The standard InChI is InChI=1S/C23H36N2O3/c1-17-9-10-19(18(15-17)22(2,3)4)28-16-20(26)24-11-8-12-25(14-13-24)21(27)23(5,6)7/h9-10,15H,8,11-14,16H2,1-7H3. The first-order chi connectivity index (χ1) is 12.9. The molecule has 1 saturated heterocycles. The van der Waals surface area contributed by atoms with E-state index in [1.54, 1.807) is 0 Å². The van der Waals surface area contributed by atoms with Crippen LogP contribution in [0.25, 0.3) is 0 Å². The molecule has 1 aromatic rings. The van der Waals surface area contributed by atoms with Gasteiger partial charge >= 0.3 is 0 Å². The van der Waals surface area contributed by atoms with Crippen molar-refractivity contribution in [1.82, 2.24) is 9.80 Å². The third kappa shape index (κ3) is 5.73. The summed E-state index contributed by atoms with van der Waals surface area (Å²) in [5.41, 5.74) is 1.84. The fraction of sp³-hybridized carbons (Fsp3) is 0.652. The summed E-state index contributed by atoms with van der Waals surface area (Å²) in [6.07, 6.45) is 0.797. The average Bonchev–Trinajstić information content (AvgIpc) is 2.84. The minimum atomic E-state index is -0.392. The van der Waals surface area contributed by atoms with Crippen LogP contribution in [0.5, 0.6) is 5.75 Å². The largest absolute Gasteiger partial charge is 0.483 e. The van der Waals surface area contributed by atoms with Crippen molar-refractivity contribution in [2.45, 2.75) is 60.3 Å². The van der Waals surface area contributed by atoms with Gasteiger partial charge in [-0.25, -0.2) is 0 Å². The average molecular weight is 389 g/mol. The number of carbonyl (C=O) groups is 2. The topological polar surface area (TPSA) is 49.9 Å². The maximum Gasteiger partial charge on any atom is 0.260 e. The van der Waals surface area contributed by atoms with Gasteiger partial charge in [0, 0.05) is 31.6 Å². The Balaban J connectivity index is 1.99. The van der Waals surface area contributed by atoms with Crippen LogP contribution in [0.2, 0.25) is 0 Å². The van der Waals surface area contributed by atoms with E-state index in [1.165, 1.54) is 5.56 Å². The van der Waals surface area contributed by atoms with E-state index in [1.807, 2.05) is 42.7 Å². The molecule has 0 saturated carbocycles. The predicted octanol–water partition coefficient (Wildman–Crippen LogP) is 3.78. The molecule has 2 amide bonds. The number of hydrogen-bond donors (Lipinski definition) is 0. The molecule has 5 nitrogen and oxygen atoms in total. The summed E-state index contributed by atoms with van der Waals surface area (Å²) in [7, 11) is 0. The normalized spacial score (nSPS) is 16.0. The molecular formula is C23H36N2O3. The van der Waals surface area contributed by atoms with Gasteiger partial charge in [0.1, 0.15) is 5.75 Å². The van der Waals surface area contributed by atoms with E-state index in [2.05, 4.69) is 33.8 Å². The van der Waals surface area contributed by atoms with E-state index in [9.17, 15) is 9.59 Å². The van der Waals surface area contributed by atoms with Gasteiger partial charge in [-0.1, -0.05) is 59.2 Å². The molecule has 1 aromatic carbocycles. The molecule has 0 bridgehead atoms. The van der Waals surface area contributed by atoms with E-state index >= 15 is 0 Å². The smallest absolute Gasteiger partial charge is 0.260 e. The van der Waals surface area contributed by atoms with Gasteiger partial charge in [-0.3, -0.25) is 9.59 Å². The maximum absolute atomic E-state index is 12.7. The Labute approximate surface area is 170 Å². The van der Waals surface area contributed by atoms with Gasteiger partial charge in [0.2, 0.25) is 5.91 Å². The number of amides is 2. The number of ether oxygens (including phenoxy) is 1. The second-order valence-electron chi connectivity index (χ2n) is 9.81. The molecule has 28 heavy (non-hydrogen) atoms. The minimum Gasteiger partial charge on any atom is -0.483 e. The summed E-state index contributed by atoms with van der Waals surface area (Å²) in [6.45, 7) is 16.8. The van der Waals surface area contributed by atoms with E-state index in [-0.39, 0.29) is 23.8 Å². The van der Waals surface area contributed by atoms with Crippen molar-refractivity contribution in [2.75, 3.05) is 32.8 Å². The summed E-state index contributed by atoms with van der Waals surface area (Å²) < 4.78 is 5.93. The highest BCUT2D eigenvalue weighted by atomic mass is 16.5. The molecule has 1 fully saturated rings. The monoisotopic (exact) mass is 388 g/mol. The summed E-state index contributed by atoms with van der Waals surface area (Å²) in [5, 5.41) is 0. The number of rotatable bonds is 3. The Bertz CT molecular complexity index is 714. The Morgan fingerprint density at radius 3 is 2.18 bits per heavy atom. The molecule has 0 atom stereocenters. The molecule has 0 spiro atoms. The van der Waals surface area contributed by atoms with Crippen molar-refractivity contribution in [2.24, 2.45) is 5.41 Å². The third-order valence-electron chi connectivity index (χ3n) is 5.07. The molecule has 0 aliphatic carbocycles. The second-order valence-corrected chi connectivity index (χ2v) is 9.81. The van der Waals surface area contributed by atoms with Crippen molar-refractivity contribution in [3.8, 4) is 5.75 Å². The molecule has 0 aromatic heterocycles. The third-order valence-corrected chi connectivity index (χ3v) is 5.07. The molecule has 0 N–H and O–H groups in total. The number of nitrogens with zero attached hydrogens (tertiary/aromatic N) is 2. The summed E-state index contributed by atoms with van der Waals surface area (Å²) in [6, 6.07) is 6.09. The van der Waals surface area contributed by atoms with Crippen molar-refractivity contribution in [1.29, 1.82) is 0 Å². The summed E-state index contributed by atoms with van der Waals surface area (Å²) >= 11 is 0. The first-order valence-electron chi connectivity index (χ1n) is 10.2. The molecular weight excluding hydrogens is 352 g/mol. The van der Waals surface area contributed by atoms with Gasteiger partial charge in [0.05, 0.1) is 0 Å². The highest BCUT2D eigenvalue weighted by molar-refractivity contribution is 5.82. The molecule has 5 heteroatoms. The first kappa shape index (κ1) is 22.3. The summed E-state index contributed by atoms with van der Waals surface area (Å²) in [4.78, 5) is 28.9. The lowest BCUT2D eigenvalue weighted by Gasteiger charge is -2.28. The Morgan fingerprint density at radius 1 is 0.964 bits per heavy atom. The van der Waals surface area contributed by atoms with E-state index in [4.69, 9.17) is 4.74 Å². The second kappa shape index (κ2) is 8.54. The van der Waals surface area contributed by atoms with Crippen LogP contribution in [-0.4, -0.2) is 54.4 Å². The molecule has 156 valence electrons. The molecule has 0 unspecified atom stereocenters. The van der Waals surface area contributed by atoms with Crippen LogP contribution in [0.1, 0.15) is 59.1 Å². The molecule has 1 aliphatic rings. The Kier molecular flexibility index (Phi) is 6.79. The number of benzene rings is 1. The van der Waals surface area contributed by atoms with Gasteiger partial charge < -0.3 is 14.5 Å². The fourth-order valence-electron chi connectivity index (χ4n) is 3.43. The highest BCUT2D eigenvalue weighted by Gasteiger charge is 2.29. The molecule has 2 rings (SSSR count). The molecule has 1 heterocycles. The maximum atomic E-state index is 12.7. The highest BCUT2D eigenvalue weighted by Crippen LogP contribution is 2.32. The van der Waals surface area contributed by atoms with Gasteiger partial charge in [-0.05, 0) is 30.4 Å². The van der Waals surface area contributed by atoms with Crippen LogP contribution < -0.4 is 4.74 Å². The van der Waals surface area contributed by atoms with Crippen LogP contribution >= 0.6 is 0 Å². The zero-order chi connectivity index (χ0) is 21.1. The van der Waals surface area contributed by atoms with Crippen molar-refractivity contribution >= 4 is 11.8 Å². The first-order valence-corrected chi connectivity index (χ1v) is 10.2. The van der Waals surface area contributed by atoms with Crippen LogP contribution in [0.15, 0.2) is 18.2 Å². The van der Waals surface area contributed by atoms with E-state index in [0.29, 0.717) is 26.2 Å². The Morgan fingerprint density at radius 2 is 1.57 bits per heavy atom. The summed E-state index contributed by atoms with van der Waals surface area (Å²) in [5.74, 6) is 0.892. The minimum absolute atomic E-state index is 0.0227. The Hall–Kier alpha value is -2.04. The zero-order valence-corrected chi connectivity index (χ0v) is 18.6. The van der Waals surface area contributed by atoms with Crippen molar-refractivity contribution in [3.63, 3.8) is 0 Å². The van der Waals surface area contributed by atoms with Gasteiger partial charge in [0.15, 0.2) is 6.61 Å². The van der Waals surface area contributed by atoms with E-state index < -0.39 is 5.41 Å². The lowest BCUT2D eigenvalue weighted by Crippen LogP contribution is -2.42. The van der Waals surface area contributed by atoms with E-state index in [0.717, 1.165) is 17.7 Å². The fourth-order valence-corrected chi connectivity index (χ4v) is 3.43. The van der Waals surface area contributed by atoms with Crippen molar-refractivity contribution in [3.05, 3.63) is 29.3 Å². The van der Waals surface area contributed by atoms with Crippen molar-refractivity contribution < 1.29 is 14.3 Å². The molecule has 0 radical (unpaired) electrons. The lowest BCUT2D eigenvalue weighted by atomic mass is 9.85. The number of carbonyl (C=O) groups excluding carboxylic acids is 2. The van der Waals surface area contributed by atoms with Gasteiger partial charge in [-0.2, -0.15) is 0 Å². The number of hydrogen-bond acceptors (Lipinski definition) is 3. The zero-order valence-electron chi connectivity index (χ0n) is 18.6. The van der Waals surface area contributed by atoms with Crippen LogP contribution in [0.3, 0.4) is 0 Å². The van der Waals surface area contributed by atoms with Crippen LogP contribution in [-0.2, 0) is 15.0 Å². The molecule has 1 aliphatic heterocycles. The van der Waals surface area contributed by atoms with Gasteiger partial charge in [-0.15, -0.1) is 0 Å². The quantitative estimate of drug-likeness (QED) is 0.792. The van der Waals surface area contributed by atoms with Crippen LogP contribution in [0.4, 0.5) is 0 Å². The lowest BCUT2D eigenvalue weighted by molar-refractivity contribution is -0.140. The van der Waals surface area contributed by atoms with Gasteiger partial charge in [0.25, 0.3) is 5.91 Å². The SMILES string of the molecule is Cc1ccc(OCC(=O)N2CCCN(C(=O)C(C)(C)C)CC2)c(C(C)(C)C)c1. The van der Waals surface area contributed by atoms with Crippen LogP contribution in [0, 0.1) is 12.3 Å².